The molecule has 0 saturated carbocycles. The number of carbonyl (C=O) groups is 2. The Morgan fingerprint density at radius 1 is 1.29 bits per heavy atom. The van der Waals surface area contributed by atoms with Gasteiger partial charge in [0.1, 0.15) is 5.60 Å². The van der Waals surface area contributed by atoms with E-state index in [1.165, 1.54) is 13.2 Å². The normalized spacial score (nSPS) is 11.0. The Hall–Kier alpha value is -0.980. The fraction of sp³-hybridized carbons (Fsp3) is 0.385. The molecule has 8 heteroatoms. The maximum atomic E-state index is 11.8. The molecule has 116 valence electrons. The molecule has 0 spiro atoms. The number of methoxy groups -OCH3 is 1. The van der Waals surface area contributed by atoms with E-state index in [1.54, 1.807) is 20.8 Å². The molecule has 0 fully saturated rings. The summed E-state index contributed by atoms with van der Waals surface area (Å²) in [6, 6.07) is 1.34. The number of carbonyl (C=O) groups excluding carboxylic acids is 2. The van der Waals surface area contributed by atoms with Gasteiger partial charge in [-0.1, -0.05) is 23.2 Å². The monoisotopic (exact) mass is 397 g/mol. The number of amides is 1. The zero-order valence-electron chi connectivity index (χ0n) is 11.8. The molecule has 0 heterocycles. The van der Waals surface area contributed by atoms with Crippen molar-refractivity contribution in [2.24, 2.45) is 0 Å². The van der Waals surface area contributed by atoms with Crippen molar-refractivity contribution in [1.82, 2.24) is 0 Å². The molecule has 1 rings (SSSR count). The number of benzene rings is 1. The van der Waals surface area contributed by atoms with E-state index in [0.717, 1.165) is 0 Å². The van der Waals surface area contributed by atoms with Crippen LogP contribution in [0.2, 0.25) is 10.0 Å². The van der Waals surface area contributed by atoms with Crippen LogP contribution in [0, 0.1) is 0 Å². The molecule has 0 atom stereocenters. The van der Waals surface area contributed by atoms with E-state index in [0.29, 0.717) is 4.47 Å². The first-order valence-corrected chi connectivity index (χ1v) is 7.37. The maximum absolute atomic E-state index is 11.8. The van der Waals surface area contributed by atoms with Crippen LogP contribution in [0.5, 0.6) is 0 Å². The second-order valence-corrected chi connectivity index (χ2v) is 6.61. The zero-order chi connectivity index (χ0) is 16.4. The van der Waals surface area contributed by atoms with Crippen LogP contribution in [0.4, 0.5) is 10.5 Å². The highest BCUT2D eigenvalue weighted by molar-refractivity contribution is 9.10. The van der Waals surface area contributed by atoms with Crippen LogP contribution < -0.4 is 5.32 Å². The number of hydrogen-bond donors (Lipinski definition) is 1. The Kier molecular flexibility index (Phi) is 5.90. The Balaban J connectivity index is 3.24. The van der Waals surface area contributed by atoms with Crippen LogP contribution >= 0.6 is 39.1 Å². The summed E-state index contributed by atoms with van der Waals surface area (Å²) in [5.74, 6) is -0.683. The highest BCUT2D eigenvalue weighted by Gasteiger charge is 2.24. The van der Waals surface area contributed by atoms with Crippen molar-refractivity contribution in [1.29, 1.82) is 0 Å². The van der Waals surface area contributed by atoms with Crippen LogP contribution in [-0.4, -0.2) is 24.8 Å². The molecule has 21 heavy (non-hydrogen) atoms. The molecule has 0 aliphatic rings. The van der Waals surface area contributed by atoms with Crippen LogP contribution in [0.15, 0.2) is 10.5 Å². The number of halogens is 3. The van der Waals surface area contributed by atoms with E-state index < -0.39 is 17.7 Å². The highest BCUT2D eigenvalue weighted by atomic mass is 79.9. The van der Waals surface area contributed by atoms with Gasteiger partial charge in [-0.2, -0.15) is 0 Å². The zero-order valence-corrected chi connectivity index (χ0v) is 14.9. The summed E-state index contributed by atoms with van der Waals surface area (Å²) in [6.45, 7) is 5.15. The second-order valence-electron chi connectivity index (χ2n) is 5.03. The highest BCUT2D eigenvalue weighted by Crippen LogP contribution is 2.39. The molecule has 1 aromatic carbocycles. The van der Waals surface area contributed by atoms with Crippen molar-refractivity contribution in [2.75, 3.05) is 12.4 Å². The number of hydrogen-bond acceptors (Lipinski definition) is 4. The Labute approximate surface area is 141 Å². The summed E-state index contributed by atoms with van der Waals surface area (Å²) >= 11 is 15.2. The van der Waals surface area contributed by atoms with Crippen molar-refractivity contribution in [3.05, 3.63) is 26.1 Å². The van der Waals surface area contributed by atoms with Crippen molar-refractivity contribution >= 4 is 56.9 Å². The minimum Gasteiger partial charge on any atom is -0.465 e. The third-order valence-electron chi connectivity index (χ3n) is 2.19. The molecule has 1 amide bonds. The van der Waals surface area contributed by atoms with Crippen LogP contribution in [0.1, 0.15) is 31.1 Å². The molecule has 0 radical (unpaired) electrons. The molecule has 0 aliphatic carbocycles. The third kappa shape index (κ3) is 4.76. The largest absolute Gasteiger partial charge is 0.465 e. The summed E-state index contributed by atoms with van der Waals surface area (Å²) in [6.07, 6.45) is -0.747. The van der Waals surface area contributed by atoms with Crippen LogP contribution in [-0.2, 0) is 9.47 Å². The minimum atomic E-state index is -0.747. The Bertz CT molecular complexity index is 585. The van der Waals surface area contributed by atoms with Gasteiger partial charge in [0, 0.05) is 0 Å². The van der Waals surface area contributed by atoms with Crippen molar-refractivity contribution in [3.8, 4) is 0 Å². The lowest BCUT2D eigenvalue weighted by molar-refractivity contribution is 0.0602. The summed E-state index contributed by atoms with van der Waals surface area (Å²) in [7, 11) is 1.21. The molecule has 0 aromatic heterocycles. The molecule has 0 aliphatic heterocycles. The smallest absolute Gasteiger partial charge is 0.412 e. The first kappa shape index (κ1) is 18.1. The lowest BCUT2D eigenvalue weighted by Crippen LogP contribution is -2.28. The number of ether oxygens (including phenoxy) is 2. The molecular formula is C13H14BrCl2NO4. The van der Waals surface area contributed by atoms with Gasteiger partial charge < -0.3 is 9.47 Å². The van der Waals surface area contributed by atoms with Gasteiger partial charge >= 0.3 is 12.1 Å². The van der Waals surface area contributed by atoms with Crippen molar-refractivity contribution in [3.63, 3.8) is 0 Å². The van der Waals surface area contributed by atoms with Gasteiger partial charge in [0.2, 0.25) is 0 Å². The van der Waals surface area contributed by atoms with Gasteiger partial charge in [-0.3, -0.25) is 5.32 Å². The van der Waals surface area contributed by atoms with E-state index >= 15 is 0 Å². The first-order valence-electron chi connectivity index (χ1n) is 5.82. The average Bonchev–Trinajstić information content (AvgIpc) is 2.36. The van der Waals surface area contributed by atoms with Gasteiger partial charge in [0.15, 0.2) is 0 Å². The van der Waals surface area contributed by atoms with Gasteiger partial charge in [-0.15, -0.1) is 0 Å². The van der Waals surface area contributed by atoms with Crippen molar-refractivity contribution < 1.29 is 19.1 Å². The summed E-state index contributed by atoms with van der Waals surface area (Å²) in [5.41, 5.74) is -0.596. The SMILES string of the molecule is COC(=O)c1cc(Cl)c(Br)c(Cl)c1NC(=O)OC(C)(C)C. The molecule has 0 unspecified atom stereocenters. The molecule has 5 nitrogen and oxygen atoms in total. The summed E-state index contributed by atoms with van der Waals surface area (Å²) in [4.78, 5) is 23.6. The summed E-state index contributed by atoms with van der Waals surface area (Å²) < 4.78 is 10.1. The van der Waals surface area contributed by atoms with E-state index in [4.69, 9.17) is 27.9 Å². The number of esters is 1. The molecule has 0 saturated heterocycles. The Morgan fingerprint density at radius 2 is 1.86 bits per heavy atom. The van der Waals surface area contributed by atoms with Crippen LogP contribution in [0.3, 0.4) is 0 Å². The second kappa shape index (κ2) is 6.85. The van der Waals surface area contributed by atoms with E-state index in [9.17, 15) is 9.59 Å². The van der Waals surface area contributed by atoms with E-state index in [1.807, 2.05) is 0 Å². The average molecular weight is 399 g/mol. The fourth-order valence-corrected chi connectivity index (χ4v) is 2.21. The Morgan fingerprint density at radius 3 is 2.33 bits per heavy atom. The fourth-order valence-electron chi connectivity index (χ4n) is 1.39. The number of rotatable bonds is 2. The third-order valence-corrected chi connectivity index (χ3v) is 4.15. The number of nitrogens with one attached hydrogen (secondary N) is 1. The van der Waals surface area contributed by atoms with E-state index in [-0.39, 0.29) is 21.3 Å². The molecule has 1 aromatic rings. The van der Waals surface area contributed by atoms with Gasteiger partial charge in [-0.25, -0.2) is 9.59 Å². The lowest BCUT2D eigenvalue weighted by Gasteiger charge is -2.21. The molecular weight excluding hydrogens is 385 g/mol. The maximum Gasteiger partial charge on any atom is 0.412 e. The first-order chi connectivity index (χ1) is 9.56. The van der Waals surface area contributed by atoms with Gasteiger partial charge in [0.05, 0.1) is 32.9 Å². The minimum absolute atomic E-state index is 0.0292. The molecule has 0 bridgehead atoms. The van der Waals surface area contributed by atoms with E-state index in [2.05, 4.69) is 26.0 Å². The summed E-state index contributed by atoms with van der Waals surface area (Å²) in [5, 5.41) is 2.73. The van der Waals surface area contributed by atoms with Gasteiger partial charge in [0.25, 0.3) is 0 Å². The topological polar surface area (TPSA) is 64.6 Å². The standard InChI is InChI=1S/C13H14BrCl2NO4/c1-13(2,3)21-12(19)17-10-6(11(18)20-4)5-7(15)8(14)9(10)16/h5H,1-4H3,(H,17,19). The van der Waals surface area contributed by atoms with Crippen molar-refractivity contribution in [2.45, 2.75) is 26.4 Å². The predicted molar refractivity (Wildman–Crippen MR) is 85.4 cm³/mol. The van der Waals surface area contributed by atoms with Gasteiger partial charge in [-0.05, 0) is 42.8 Å². The molecule has 1 N–H and O–H groups in total. The predicted octanol–water partition coefficient (Wildman–Crippen LogP) is 4.89. The lowest BCUT2D eigenvalue weighted by atomic mass is 10.1. The van der Waals surface area contributed by atoms with Crippen LogP contribution in [0.25, 0.3) is 0 Å². The number of anilines is 1. The quantitative estimate of drug-likeness (QED) is 0.568.